The molecule has 130 valence electrons. The molecule has 0 N–H and O–H groups in total. The van der Waals surface area contributed by atoms with E-state index >= 15 is 0 Å². The van der Waals surface area contributed by atoms with Gasteiger partial charge >= 0.3 is 0 Å². The Hall–Kier alpha value is -2.89. The number of carbonyl (C=O) groups excluding carboxylic acids is 1. The van der Waals surface area contributed by atoms with Crippen molar-refractivity contribution >= 4 is 17.3 Å². The molecule has 0 radical (unpaired) electrons. The summed E-state index contributed by atoms with van der Waals surface area (Å²) in [4.78, 5) is 25.0. The van der Waals surface area contributed by atoms with Crippen molar-refractivity contribution in [1.82, 2.24) is 0 Å². The van der Waals surface area contributed by atoms with Crippen LogP contribution in [0.1, 0.15) is 24.5 Å². The molecule has 0 fully saturated rings. The molecule has 0 unspecified atom stereocenters. The number of nitro benzene ring substituents is 1. The van der Waals surface area contributed by atoms with Crippen molar-refractivity contribution in [2.24, 2.45) is 0 Å². The molecule has 6 heteroatoms. The van der Waals surface area contributed by atoms with Crippen LogP contribution in [0.15, 0.2) is 42.5 Å². The highest BCUT2D eigenvalue weighted by atomic mass is 16.6. The maximum atomic E-state index is 12.8. The lowest BCUT2D eigenvalue weighted by Gasteiger charge is -2.23. The van der Waals surface area contributed by atoms with Gasteiger partial charge in [-0.05, 0) is 43.0 Å². The van der Waals surface area contributed by atoms with E-state index in [1.807, 2.05) is 31.2 Å². The number of nitrogens with zero attached hydrogens (tertiary/aromatic N) is 2. The van der Waals surface area contributed by atoms with E-state index in [1.54, 1.807) is 24.1 Å². The normalized spacial score (nSPS) is 15.8. The molecule has 1 heterocycles. The van der Waals surface area contributed by atoms with E-state index in [2.05, 4.69) is 0 Å². The fourth-order valence-electron chi connectivity index (χ4n) is 3.38. The summed E-state index contributed by atoms with van der Waals surface area (Å²) in [6, 6.07) is 12.4. The SMILES string of the molecule is COc1ccccc1CCC(=O)N1c2ccc([N+](=O)[O-])cc2C[C@@H]1C. The number of para-hydroxylation sites is 1. The molecule has 1 aliphatic heterocycles. The first-order valence-corrected chi connectivity index (χ1v) is 8.22. The third kappa shape index (κ3) is 3.33. The van der Waals surface area contributed by atoms with Crippen molar-refractivity contribution in [2.75, 3.05) is 12.0 Å². The number of ether oxygens (including phenoxy) is 1. The lowest BCUT2D eigenvalue weighted by molar-refractivity contribution is -0.384. The van der Waals surface area contributed by atoms with Gasteiger partial charge in [0, 0.05) is 30.3 Å². The van der Waals surface area contributed by atoms with Crippen LogP contribution in [0.5, 0.6) is 5.75 Å². The van der Waals surface area contributed by atoms with Crippen molar-refractivity contribution in [3.63, 3.8) is 0 Å². The maximum absolute atomic E-state index is 12.8. The Morgan fingerprint density at radius 3 is 2.80 bits per heavy atom. The van der Waals surface area contributed by atoms with E-state index in [0.29, 0.717) is 19.3 Å². The van der Waals surface area contributed by atoms with Crippen LogP contribution in [-0.2, 0) is 17.6 Å². The maximum Gasteiger partial charge on any atom is 0.269 e. The Morgan fingerprint density at radius 1 is 1.32 bits per heavy atom. The minimum Gasteiger partial charge on any atom is -0.496 e. The molecule has 2 aromatic rings. The third-order valence-corrected chi connectivity index (χ3v) is 4.56. The molecular formula is C19H20N2O4. The number of amides is 1. The number of benzene rings is 2. The molecule has 1 atom stereocenters. The number of aryl methyl sites for hydroxylation is 1. The molecule has 0 saturated carbocycles. The summed E-state index contributed by atoms with van der Waals surface area (Å²) in [6.07, 6.45) is 1.59. The van der Waals surface area contributed by atoms with Crippen LogP contribution in [0.3, 0.4) is 0 Å². The first-order valence-electron chi connectivity index (χ1n) is 8.22. The molecule has 1 amide bonds. The molecule has 0 aromatic heterocycles. The number of rotatable bonds is 5. The molecule has 0 aliphatic carbocycles. The zero-order valence-corrected chi connectivity index (χ0v) is 14.3. The van der Waals surface area contributed by atoms with Gasteiger partial charge in [0.2, 0.25) is 5.91 Å². The van der Waals surface area contributed by atoms with Crippen molar-refractivity contribution in [3.8, 4) is 5.75 Å². The number of anilines is 1. The smallest absolute Gasteiger partial charge is 0.269 e. The van der Waals surface area contributed by atoms with Crippen molar-refractivity contribution in [1.29, 1.82) is 0 Å². The third-order valence-electron chi connectivity index (χ3n) is 4.56. The Labute approximate surface area is 146 Å². The molecule has 0 spiro atoms. The fourth-order valence-corrected chi connectivity index (χ4v) is 3.38. The summed E-state index contributed by atoms with van der Waals surface area (Å²) in [6.45, 7) is 1.97. The van der Waals surface area contributed by atoms with Crippen LogP contribution in [0.25, 0.3) is 0 Å². The van der Waals surface area contributed by atoms with E-state index in [9.17, 15) is 14.9 Å². The summed E-state index contributed by atoms with van der Waals surface area (Å²) in [5, 5.41) is 10.9. The van der Waals surface area contributed by atoms with E-state index in [0.717, 1.165) is 22.6 Å². The number of carbonyl (C=O) groups is 1. The van der Waals surface area contributed by atoms with Crippen LogP contribution in [0.2, 0.25) is 0 Å². The molecule has 0 bridgehead atoms. The van der Waals surface area contributed by atoms with Gasteiger partial charge in [-0.15, -0.1) is 0 Å². The Bertz CT molecular complexity index is 819. The zero-order valence-electron chi connectivity index (χ0n) is 14.3. The van der Waals surface area contributed by atoms with Crippen molar-refractivity contribution < 1.29 is 14.5 Å². The quantitative estimate of drug-likeness (QED) is 0.617. The van der Waals surface area contributed by atoms with Crippen molar-refractivity contribution in [2.45, 2.75) is 32.2 Å². The standard InChI is InChI=1S/C19H20N2O4/c1-13-11-15-12-16(21(23)24)8-9-17(15)20(13)19(22)10-7-14-5-3-4-6-18(14)25-2/h3-6,8-9,12-13H,7,10-11H2,1-2H3/t13-/m0/s1. The van der Waals surface area contributed by atoms with Gasteiger partial charge in [0.15, 0.2) is 0 Å². The van der Waals surface area contributed by atoms with Gasteiger partial charge in [0.1, 0.15) is 5.75 Å². The second-order valence-electron chi connectivity index (χ2n) is 6.20. The average molecular weight is 340 g/mol. The Morgan fingerprint density at radius 2 is 2.08 bits per heavy atom. The van der Waals surface area contributed by atoms with E-state index in [4.69, 9.17) is 4.74 Å². The monoisotopic (exact) mass is 340 g/mol. The molecule has 6 nitrogen and oxygen atoms in total. The van der Waals surface area contributed by atoms with E-state index < -0.39 is 4.92 Å². The summed E-state index contributed by atoms with van der Waals surface area (Å²) >= 11 is 0. The van der Waals surface area contributed by atoms with E-state index in [1.165, 1.54) is 6.07 Å². The average Bonchev–Trinajstić information content (AvgIpc) is 2.94. The van der Waals surface area contributed by atoms with Gasteiger partial charge < -0.3 is 9.64 Å². The summed E-state index contributed by atoms with van der Waals surface area (Å²) in [7, 11) is 1.62. The van der Waals surface area contributed by atoms with Gasteiger partial charge in [-0.3, -0.25) is 14.9 Å². The molecule has 0 saturated heterocycles. The highest BCUT2D eigenvalue weighted by molar-refractivity contribution is 5.96. The highest BCUT2D eigenvalue weighted by Gasteiger charge is 2.31. The molecule has 2 aromatic carbocycles. The summed E-state index contributed by atoms with van der Waals surface area (Å²) in [5.41, 5.74) is 2.69. The number of hydrogen-bond donors (Lipinski definition) is 0. The minimum atomic E-state index is -0.406. The van der Waals surface area contributed by atoms with Gasteiger partial charge in [-0.2, -0.15) is 0 Å². The first-order chi connectivity index (χ1) is 12.0. The second kappa shape index (κ2) is 6.93. The number of nitro groups is 1. The van der Waals surface area contributed by atoms with Gasteiger partial charge in [0.05, 0.1) is 12.0 Å². The van der Waals surface area contributed by atoms with Gasteiger partial charge in [-0.1, -0.05) is 18.2 Å². The predicted molar refractivity (Wildman–Crippen MR) is 95.1 cm³/mol. The molecule has 1 aliphatic rings. The lowest BCUT2D eigenvalue weighted by atomic mass is 10.1. The molecule has 25 heavy (non-hydrogen) atoms. The van der Waals surface area contributed by atoms with Crippen LogP contribution in [0.4, 0.5) is 11.4 Å². The fraction of sp³-hybridized carbons (Fsp3) is 0.316. The highest BCUT2D eigenvalue weighted by Crippen LogP contribution is 2.35. The second-order valence-corrected chi connectivity index (χ2v) is 6.20. The zero-order chi connectivity index (χ0) is 18.0. The first kappa shape index (κ1) is 17.0. The molecular weight excluding hydrogens is 320 g/mol. The molecule has 3 rings (SSSR count). The number of non-ortho nitro benzene ring substituents is 1. The summed E-state index contributed by atoms with van der Waals surface area (Å²) in [5.74, 6) is 0.798. The topological polar surface area (TPSA) is 72.7 Å². The Balaban J connectivity index is 1.76. The number of fused-ring (bicyclic) bond motifs is 1. The number of methoxy groups -OCH3 is 1. The Kier molecular flexibility index (Phi) is 4.70. The van der Waals surface area contributed by atoms with E-state index in [-0.39, 0.29) is 17.6 Å². The van der Waals surface area contributed by atoms with Crippen molar-refractivity contribution in [3.05, 3.63) is 63.7 Å². The number of hydrogen-bond acceptors (Lipinski definition) is 4. The predicted octanol–water partition coefficient (Wildman–Crippen LogP) is 3.51. The largest absolute Gasteiger partial charge is 0.496 e. The summed E-state index contributed by atoms with van der Waals surface area (Å²) < 4.78 is 5.33. The van der Waals surface area contributed by atoms with Crippen LogP contribution in [0, 0.1) is 10.1 Å². The van der Waals surface area contributed by atoms with Crippen LogP contribution in [-0.4, -0.2) is 24.0 Å². The minimum absolute atomic E-state index is 0.00201. The van der Waals surface area contributed by atoms with Gasteiger partial charge in [-0.25, -0.2) is 0 Å². The van der Waals surface area contributed by atoms with Crippen LogP contribution >= 0.6 is 0 Å². The van der Waals surface area contributed by atoms with Crippen LogP contribution < -0.4 is 9.64 Å². The lowest BCUT2D eigenvalue weighted by Crippen LogP contribution is -2.35. The van der Waals surface area contributed by atoms with Gasteiger partial charge in [0.25, 0.3) is 5.69 Å².